The van der Waals surface area contributed by atoms with E-state index in [0.717, 1.165) is 11.3 Å². The van der Waals surface area contributed by atoms with E-state index in [-0.39, 0.29) is 5.92 Å². The van der Waals surface area contributed by atoms with E-state index in [0.29, 0.717) is 18.3 Å². The number of nitrogens with two attached hydrogens (primary N) is 1. The predicted octanol–water partition coefficient (Wildman–Crippen LogP) is 1.65. The molecule has 0 spiro atoms. The van der Waals surface area contributed by atoms with E-state index in [1.54, 1.807) is 11.7 Å². The lowest BCUT2D eigenvalue weighted by molar-refractivity contribution is 0.355. The molecule has 0 radical (unpaired) electrons. The normalized spacial score (nSPS) is 12.9. The van der Waals surface area contributed by atoms with Crippen LogP contribution in [0.4, 0.5) is 0 Å². The van der Waals surface area contributed by atoms with Crippen LogP contribution in [-0.4, -0.2) is 21.7 Å². The minimum absolute atomic E-state index is 0.212. The summed E-state index contributed by atoms with van der Waals surface area (Å²) in [7, 11) is 0. The van der Waals surface area contributed by atoms with Crippen LogP contribution in [0.5, 0.6) is 0 Å². The summed E-state index contributed by atoms with van der Waals surface area (Å²) in [4.78, 5) is 9.20. The number of thiazole rings is 1. The van der Waals surface area contributed by atoms with Crippen LogP contribution < -0.4 is 5.73 Å². The highest BCUT2D eigenvalue weighted by atomic mass is 32.1. The van der Waals surface area contributed by atoms with Crippen LogP contribution >= 0.6 is 11.3 Å². The maximum absolute atomic E-state index is 5.47. The van der Waals surface area contributed by atoms with Crippen molar-refractivity contribution in [2.45, 2.75) is 19.3 Å². The van der Waals surface area contributed by atoms with E-state index in [1.165, 1.54) is 11.3 Å². The lowest BCUT2D eigenvalue weighted by atomic mass is 10.1. The summed E-state index contributed by atoms with van der Waals surface area (Å²) in [6.45, 7) is 2.65. The molecule has 1 unspecified atom stereocenters. The van der Waals surface area contributed by atoms with Gasteiger partial charge in [-0.05, 0) is 13.0 Å². The molecule has 5 nitrogen and oxygen atoms in total. The minimum atomic E-state index is 0.212. The number of rotatable bonds is 4. The molecule has 2 N–H and O–H groups in total. The molecule has 15 heavy (non-hydrogen) atoms. The average Bonchev–Trinajstić information content (AvgIpc) is 2.89. The molecule has 2 aromatic rings. The summed E-state index contributed by atoms with van der Waals surface area (Å²) in [6, 6.07) is 0. The van der Waals surface area contributed by atoms with Crippen molar-refractivity contribution in [3.8, 4) is 10.7 Å². The Labute approximate surface area is 91.3 Å². The first-order valence-corrected chi connectivity index (χ1v) is 5.61. The second kappa shape index (κ2) is 4.50. The average molecular weight is 224 g/mol. The smallest absolute Gasteiger partial charge is 0.229 e. The summed E-state index contributed by atoms with van der Waals surface area (Å²) < 4.78 is 5.16. The van der Waals surface area contributed by atoms with Crippen LogP contribution in [0.1, 0.15) is 25.2 Å². The van der Waals surface area contributed by atoms with Gasteiger partial charge in [0.05, 0.1) is 10.4 Å². The van der Waals surface area contributed by atoms with Gasteiger partial charge in [0.2, 0.25) is 11.7 Å². The van der Waals surface area contributed by atoms with Crippen LogP contribution in [0.15, 0.2) is 16.2 Å². The molecule has 0 saturated heterocycles. The molecule has 0 bridgehead atoms. The maximum atomic E-state index is 5.47. The van der Waals surface area contributed by atoms with Gasteiger partial charge in [-0.15, -0.1) is 11.3 Å². The molecule has 0 aliphatic carbocycles. The zero-order valence-electron chi connectivity index (χ0n) is 8.38. The minimum Gasteiger partial charge on any atom is -0.339 e. The third kappa shape index (κ3) is 2.21. The molecule has 2 aromatic heterocycles. The fraction of sp³-hybridized carbons (Fsp3) is 0.444. The van der Waals surface area contributed by atoms with Crippen molar-refractivity contribution in [1.82, 2.24) is 15.1 Å². The van der Waals surface area contributed by atoms with Gasteiger partial charge < -0.3 is 10.3 Å². The summed E-state index contributed by atoms with van der Waals surface area (Å²) in [5.41, 5.74) is 7.22. The number of aromatic nitrogens is 3. The number of hydrogen-bond acceptors (Lipinski definition) is 6. The van der Waals surface area contributed by atoms with Crippen molar-refractivity contribution >= 4 is 11.3 Å². The Morgan fingerprint density at radius 2 is 2.47 bits per heavy atom. The molecular weight excluding hydrogens is 212 g/mol. The van der Waals surface area contributed by atoms with Crippen molar-refractivity contribution < 1.29 is 4.52 Å². The van der Waals surface area contributed by atoms with Gasteiger partial charge in [0.15, 0.2) is 0 Å². The Morgan fingerprint density at radius 1 is 1.60 bits per heavy atom. The van der Waals surface area contributed by atoms with Gasteiger partial charge in [-0.3, -0.25) is 4.98 Å². The quantitative estimate of drug-likeness (QED) is 0.854. The highest BCUT2D eigenvalue weighted by molar-refractivity contribution is 7.13. The summed E-state index contributed by atoms with van der Waals surface area (Å²) in [6.07, 6.45) is 2.58. The third-order valence-corrected chi connectivity index (χ3v) is 2.88. The largest absolute Gasteiger partial charge is 0.339 e. The Bertz CT molecular complexity index is 411. The maximum Gasteiger partial charge on any atom is 0.229 e. The molecule has 0 aliphatic heterocycles. The zero-order chi connectivity index (χ0) is 10.7. The van der Waals surface area contributed by atoms with Gasteiger partial charge in [0, 0.05) is 12.1 Å². The first-order valence-electron chi connectivity index (χ1n) is 4.73. The van der Waals surface area contributed by atoms with Gasteiger partial charge in [-0.2, -0.15) is 4.98 Å². The summed E-state index contributed by atoms with van der Waals surface area (Å²) in [5, 5.41) is 3.91. The van der Waals surface area contributed by atoms with Crippen LogP contribution in [0.2, 0.25) is 0 Å². The molecule has 1 atom stereocenters. The number of nitrogens with zero attached hydrogens (tertiary/aromatic N) is 3. The molecular formula is C9H12N4OS. The molecule has 0 aromatic carbocycles. The molecule has 6 heteroatoms. The Hall–Kier alpha value is -1.27. The predicted molar refractivity (Wildman–Crippen MR) is 57.5 cm³/mol. The monoisotopic (exact) mass is 224 g/mol. The molecule has 2 rings (SSSR count). The van der Waals surface area contributed by atoms with Crippen molar-refractivity contribution in [1.29, 1.82) is 0 Å². The lowest BCUT2D eigenvalue weighted by Crippen LogP contribution is -2.04. The highest BCUT2D eigenvalue weighted by Gasteiger charge is 2.14. The van der Waals surface area contributed by atoms with Crippen LogP contribution in [-0.2, 0) is 0 Å². The van der Waals surface area contributed by atoms with Crippen molar-refractivity contribution in [2.75, 3.05) is 6.54 Å². The Kier molecular flexibility index (Phi) is 3.08. The van der Waals surface area contributed by atoms with E-state index in [4.69, 9.17) is 10.3 Å². The topological polar surface area (TPSA) is 77.8 Å². The lowest BCUT2D eigenvalue weighted by Gasteiger charge is -2.01. The SMILES string of the molecule is CC(CCN)c1nc(-c2cncs2)no1. The molecule has 0 amide bonds. The van der Waals surface area contributed by atoms with Gasteiger partial charge in [-0.1, -0.05) is 12.1 Å². The van der Waals surface area contributed by atoms with Crippen LogP contribution in [0, 0.1) is 0 Å². The summed E-state index contributed by atoms with van der Waals surface area (Å²) in [5.74, 6) is 1.46. The first kappa shape index (κ1) is 10.3. The van der Waals surface area contributed by atoms with Crippen LogP contribution in [0.25, 0.3) is 10.7 Å². The Morgan fingerprint density at radius 3 is 3.13 bits per heavy atom. The molecule has 0 fully saturated rings. The van der Waals surface area contributed by atoms with Crippen molar-refractivity contribution in [2.24, 2.45) is 5.73 Å². The van der Waals surface area contributed by atoms with Crippen LogP contribution in [0.3, 0.4) is 0 Å². The van der Waals surface area contributed by atoms with E-state index < -0.39 is 0 Å². The van der Waals surface area contributed by atoms with Gasteiger partial charge in [0.25, 0.3) is 0 Å². The molecule has 80 valence electrons. The number of hydrogen-bond donors (Lipinski definition) is 1. The van der Waals surface area contributed by atoms with E-state index in [2.05, 4.69) is 15.1 Å². The second-order valence-corrected chi connectivity index (χ2v) is 4.19. The molecule has 0 aliphatic rings. The van der Waals surface area contributed by atoms with Gasteiger partial charge in [-0.25, -0.2) is 0 Å². The first-order chi connectivity index (χ1) is 7.31. The molecule has 2 heterocycles. The third-order valence-electron chi connectivity index (χ3n) is 2.12. The standard InChI is InChI=1S/C9H12N4OS/c1-6(2-3-10)9-12-8(13-14-9)7-4-11-5-15-7/h4-6H,2-3,10H2,1H3. The second-order valence-electron chi connectivity index (χ2n) is 3.30. The van der Waals surface area contributed by atoms with Crippen molar-refractivity contribution in [3.63, 3.8) is 0 Å². The van der Waals surface area contributed by atoms with Crippen molar-refractivity contribution in [3.05, 3.63) is 17.6 Å². The van der Waals surface area contributed by atoms with E-state index in [1.807, 2.05) is 6.92 Å². The van der Waals surface area contributed by atoms with E-state index >= 15 is 0 Å². The summed E-state index contributed by atoms with van der Waals surface area (Å²) >= 11 is 1.49. The van der Waals surface area contributed by atoms with Gasteiger partial charge >= 0.3 is 0 Å². The highest BCUT2D eigenvalue weighted by Crippen LogP contribution is 2.23. The fourth-order valence-corrected chi connectivity index (χ4v) is 1.78. The van der Waals surface area contributed by atoms with Gasteiger partial charge in [0.1, 0.15) is 0 Å². The zero-order valence-corrected chi connectivity index (χ0v) is 9.20. The van der Waals surface area contributed by atoms with E-state index in [9.17, 15) is 0 Å². The molecule has 0 saturated carbocycles. The fourth-order valence-electron chi connectivity index (χ4n) is 1.24. The Balaban J connectivity index is 2.17.